The van der Waals surface area contributed by atoms with Gasteiger partial charge in [-0.15, -0.1) is 0 Å². The third-order valence-electron chi connectivity index (χ3n) is 1.94. The molecule has 2 aromatic rings. The first-order valence-electron chi connectivity index (χ1n) is 4.45. The summed E-state index contributed by atoms with van der Waals surface area (Å²) in [5, 5.41) is 0. The molecule has 0 aliphatic heterocycles. The van der Waals surface area contributed by atoms with Crippen molar-refractivity contribution in [2.24, 2.45) is 0 Å². The first-order chi connectivity index (χ1) is 7.70. The van der Waals surface area contributed by atoms with Crippen molar-refractivity contribution in [3.8, 4) is 17.3 Å². The topological polar surface area (TPSA) is 113 Å². The number of aromatic nitrogens is 4. The van der Waals surface area contributed by atoms with Gasteiger partial charge in [0.25, 0.3) is 0 Å². The Morgan fingerprint density at radius 3 is 2.62 bits per heavy atom. The molecule has 0 aliphatic rings. The number of hydrogen-bond donors (Lipinski definition) is 2. The molecule has 2 heterocycles. The highest BCUT2D eigenvalue weighted by atomic mass is 16.5. The highest BCUT2D eigenvalue weighted by Crippen LogP contribution is 2.23. The Labute approximate surface area is 91.5 Å². The summed E-state index contributed by atoms with van der Waals surface area (Å²) in [4.78, 5) is 15.7. The maximum atomic E-state index is 5.75. The lowest BCUT2D eigenvalue weighted by Crippen LogP contribution is -2.01. The Morgan fingerprint density at radius 1 is 1.19 bits per heavy atom. The Bertz CT molecular complexity index is 515. The van der Waals surface area contributed by atoms with Crippen molar-refractivity contribution in [3.05, 3.63) is 18.6 Å². The van der Waals surface area contributed by atoms with E-state index in [0.29, 0.717) is 17.1 Å². The van der Waals surface area contributed by atoms with E-state index in [1.54, 1.807) is 6.07 Å². The largest absolute Gasteiger partial charge is 0.467 e. The first-order valence-corrected chi connectivity index (χ1v) is 4.45. The van der Waals surface area contributed by atoms with Gasteiger partial charge in [0.15, 0.2) is 0 Å². The number of nitrogens with two attached hydrogens (primary N) is 2. The van der Waals surface area contributed by atoms with Crippen molar-refractivity contribution in [1.82, 2.24) is 19.9 Å². The SMILES string of the molecule is COc1ncc(-c2cc(N)ncn2)c(N)n1. The Morgan fingerprint density at radius 2 is 2.00 bits per heavy atom. The van der Waals surface area contributed by atoms with E-state index in [1.807, 2.05) is 0 Å². The van der Waals surface area contributed by atoms with E-state index in [-0.39, 0.29) is 11.8 Å². The molecular weight excluding hydrogens is 208 g/mol. The molecule has 16 heavy (non-hydrogen) atoms. The molecule has 2 aromatic heterocycles. The van der Waals surface area contributed by atoms with Crippen LogP contribution >= 0.6 is 0 Å². The fraction of sp³-hybridized carbons (Fsp3) is 0.111. The summed E-state index contributed by atoms with van der Waals surface area (Å²) in [6.45, 7) is 0. The smallest absolute Gasteiger partial charge is 0.318 e. The van der Waals surface area contributed by atoms with Gasteiger partial charge in [0.05, 0.1) is 18.4 Å². The van der Waals surface area contributed by atoms with E-state index in [2.05, 4.69) is 19.9 Å². The van der Waals surface area contributed by atoms with Crippen LogP contribution < -0.4 is 16.2 Å². The maximum Gasteiger partial charge on any atom is 0.318 e. The minimum atomic E-state index is 0.211. The fourth-order valence-electron chi connectivity index (χ4n) is 1.19. The molecule has 0 radical (unpaired) electrons. The number of methoxy groups -OCH3 is 1. The average Bonchev–Trinajstić information content (AvgIpc) is 2.28. The molecule has 2 rings (SSSR count). The zero-order valence-electron chi connectivity index (χ0n) is 8.58. The molecule has 7 nitrogen and oxygen atoms in total. The predicted molar refractivity (Wildman–Crippen MR) is 58.4 cm³/mol. The van der Waals surface area contributed by atoms with E-state index >= 15 is 0 Å². The predicted octanol–water partition coefficient (Wildman–Crippen LogP) is 0.107. The lowest BCUT2D eigenvalue weighted by atomic mass is 10.2. The lowest BCUT2D eigenvalue weighted by Gasteiger charge is -2.05. The van der Waals surface area contributed by atoms with Crippen LogP contribution in [-0.2, 0) is 0 Å². The van der Waals surface area contributed by atoms with Crippen molar-refractivity contribution in [3.63, 3.8) is 0 Å². The third-order valence-corrected chi connectivity index (χ3v) is 1.94. The summed E-state index contributed by atoms with van der Waals surface area (Å²) in [6, 6.07) is 1.81. The Balaban J connectivity index is 2.48. The van der Waals surface area contributed by atoms with Crippen LogP contribution in [0.2, 0.25) is 0 Å². The van der Waals surface area contributed by atoms with Gasteiger partial charge in [0.2, 0.25) is 0 Å². The zero-order chi connectivity index (χ0) is 11.5. The van der Waals surface area contributed by atoms with Crippen LogP contribution in [0.5, 0.6) is 6.01 Å². The number of nitrogens with zero attached hydrogens (tertiary/aromatic N) is 4. The molecule has 0 aliphatic carbocycles. The zero-order valence-corrected chi connectivity index (χ0v) is 8.58. The van der Waals surface area contributed by atoms with Gasteiger partial charge in [-0.25, -0.2) is 15.0 Å². The van der Waals surface area contributed by atoms with Crippen molar-refractivity contribution in [2.45, 2.75) is 0 Å². The van der Waals surface area contributed by atoms with Gasteiger partial charge in [-0.3, -0.25) is 0 Å². The van der Waals surface area contributed by atoms with Crippen LogP contribution in [0.25, 0.3) is 11.3 Å². The van der Waals surface area contributed by atoms with Crippen molar-refractivity contribution in [1.29, 1.82) is 0 Å². The van der Waals surface area contributed by atoms with Crippen LogP contribution in [0, 0.1) is 0 Å². The number of nitrogen functional groups attached to an aromatic ring is 2. The van der Waals surface area contributed by atoms with E-state index in [4.69, 9.17) is 16.2 Å². The van der Waals surface area contributed by atoms with E-state index in [1.165, 1.54) is 19.6 Å². The van der Waals surface area contributed by atoms with Gasteiger partial charge in [0, 0.05) is 12.3 Å². The van der Waals surface area contributed by atoms with Gasteiger partial charge in [-0.05, 0) is 0 Å². The molecule has 0 atom stereocenters. The van der Waals surface area contributed by atoms with Crippen molar-refractivity contribution >= 4 is 11.6 Å². The van der Waals surface area contributed by atoms with Crippen LogP contribution in [-0.4, -0.2) is 27.0 Å². The highest BCUT2D eigenvalue weighted by molar-refractivity contribution is 5.71. The van der Waals surface area contributed by atoms with Crippen LogP contribution in [0.3, 0.4) is 0 Å². The quantitative estimate of drug-likeness (QED) is 0.735. The van der Waals surface area contributed by atoms with E-state index in [9.17, 15) is 0 Å². The molecule has 7 heteroatoms. The summed E-state index contributed by atoms with van der Waals surface area (Å²) in [6.07, 6.45) is 2.89. The third kappa shape index (κ3) is 1.83. The standard InChI is InChI=1S/C9H10N6O/c1-16-9-12-3-5(8(11)15-9)6-2-7(10)14-4-13-6/h2-4H,1H3,(H2,10,13,14)(H2,11,12,15). The van der Waals surface area contributed by atoms with Gasteiger partial charge in [0.1, 0.15) is 18.0 Å². The first kappa shape index (κ1) is 10.1. The average molecular weight is 218 g/mol. The summed E-state index contributed by atoms with van der Waals surface area (Å²) < 4.78 is 4.85. The lowest BCUT2D eigenvalue weighted by molar-refractivity contribution is 0.380. The van der Waals surface area contributed by atoms with Gasteiger partial charge < -0.3 is 16.2 Å². The highest BCUT2D eigenvalue weighted by Gasteiger charge is 2.08. The molecular formula is C9H10N6O. The van der Waals surface area contributed by atoms with E-state index in [0.717, 1.165) is 0 Å². The van der Waals surface area contributed by atoms with Gasteiger partial charge in [-0.2, -0.15) is 4.98 Å². The van der Waals surface area contributed by atoms with Crippen molar-refractivity contribution in [2.75, 3.05) is 18.6 Å². The van der Waals surface area contributed by atoms with Gasteiger partial charge >= 0.3 is 6.01 Å². The van der Waals surface area contributed by atoms with Crippen LogP contribution in [0.15, 0.2) is 18.6 Å². The molecule has 0 aromatic carbocycles. The molecule has 0 spiro atoms. The summed E-state index contributed by atoms with van der Waals surface area (Å²) in [7, 11) is 1.47. The monoisotopic (exact) mass is 218 g/mol. The number of anilines is 2. The van der Waals surface area contributed by atoms with E-state index < -0.39 is 0 Å². The summed E-state index contributed by atoms with van der Waals surface area (Å²) >= 11 is 0. The molecule has 4 N–H and O–H groups in total. The molecule has 0 amide bonds. The number of ether oxygens (including phenoxy) is 1. The van der Waals surface area contributed by atoms with Crippen LogP contribution in [0.1, 0.15) is 0 Å². The van der Waals surface area contributed by atoms with Gasteiger partial charge in [-0.1, -0.05) is 0 Å². The normalized spacial score (nSPS) is 10.1. The van der Waals surface area contributed by atoms with Crippen LogP contribution in [0.4, 0.5) is 11.6 Å². The number of hydrogen-bond acceptors (Lipinski definition) is 7. The maximum absolute atomic E-state index is 5.75. The minimum Gasteiger partial charge on any atom is -0.467 e. The molecule has 0 unspecified atom stereocenters. The molecule has 0 saturated heterocycles. The summed E-state index contributed by atoms with van der Waals surface area (Å²) in [5.41, 5.74) is 12.5. The minimum absolute atomic E-state index is 0.211. The summed E-state index contributed by atoms with van der Waals surface area (Å²) in [5.74, 6) is 0.644. The molecule has 0 bridgehead atoms. The fourth-order valence-corrected chi connectivity index (χ4v) is 1.19. The number of rotatable bonds is 2. The Hall–Kier alpha value is -2.44. The molecule has 82 valence electrons. The second kappa shape index (κ2) is 3.97. The second-order valence-electron chi connectivity index (χ2n) is 2.98. The molecule has 0 fully saturated rings. The van der Waals surface area contributed by atoms with Crippen molar-refractivity contribution < 1.29 is 4.74 Å². The Kier molecular flexibility index (Phi) is 2.50. The second-order valence-corrected chi connectivity index (χ2v) is 2.98. The molecule has 0 saturated carbocycles.